The third-order valence-corrected chi connectivity index (χ3v) is 11.9. The Kier molecular flexibility index (Phi) is 37.0. The molecule has 0 saturated carbocycles. The van der Waals surface area contributed by atoms with E-state index in [0.717, 1.165) is 107 Å². The Morgan fingerprint density at radius 2 is 0.692 bits per heavy atom. The van der Waals surface area contributed by atoms with Gasteiger partial charge in [-0.3, -0.25) is 19.9 Å². The molecule has 1 N–H and O–H groups in total. The van der Waals surface area contributed by atoms with Crippen LogP contribution in [0.2, 0.25) is 0 Å². The first kappa shape index (κ1) is 93.9. The van der Waals surface area contributed by atoms with Crippen LogP contribution in [0.1, 0.15) is 107 Å². The highest BCUT2D eigenvalue weighted by Crippen LogP contribution is 2.34. The number of halogens is 24. The fourth-order valence-electron chi connectivity index (χ4n) is 6.25. The molecule has 0 spiro atoms. The molecule has 10 rings (SSSR count). The maximum atomic E-state index is 12.0. The van der Waals surface area contributed by atoms with E-state index in [2.05, 4.69) is 60.9 Å². The zero-order valence-electron chi connectivity index (χ0n) is 57.6. The topological polar surface area (TPSA) is 182 Å². The molecule has 0 saturated heterocycles. The molecular formula is C70H63F24N11O2. The molecule has 0 atom stereocenters. The normalized spacial score (nSPS) is 11.2. The van der Waals surface area contributed by atoms with Crippen molar-refractivity contribution in [3.8, 4) is 17.6 Å². The number of aryl methyl sites for hydroxylation is 11. The van der Waals surface area contributed by atoms with Gasteiger partial charge >= 0.3 is 49.6 Å². The third-order valence-electron chi connectivity index (χ3n) is 11.9. The number of pyridine rings is 2. The minimum absolute atomic E-state index is 0.187. The predicted molar refractivity (Wildman–Crippen MR) is 343 cm³/mol. The average molecular weight is 1550 g/mol. The number of alkyl halides is 24. The SMILES string of the molecule is Cc1ccc(C#N)cc1.Cc1ccc(C(F)(F)F)cc1.Cc1ccc(C(F)(F)F)cc1O.Cc1ccc(C(F)(F)F)cn1.Cc1ccc(C(F)(F)F)nc1.Cc1ccc(C(F)(F)F)nn1.Cc1ccc(OC(F)(F)F)cc1.Cc1cnc(C(F)(F)F)nc1.Cc1cnc(C)cn1.Cc1ncc(C(F)(F)F)cn1. The summed E-state index contributed by atoms with van der Waals surface area (Å²) in [5.74, 6) is -1.28. The minimum atomic E-state index is -4.60. The van der Waals surface area contributed by atoms with Crippen molar-refractivity contribution in [3.63, 3.8) is 0 Å². The number of nitriles is 1. The van der Waals surface area contributed by atoms with E-state index in [1.54, 1.807) is 66.1 Å². The summed E-state index contributed by atoms with van der Waals surface area (Å²) in [6.45, 7) is 19.0. The van der Waals surface area contributed by atoms with Crippen LogP contribution in [-0.4, -0.2) is 61.5 Å². The maximum absolute atomic E-state index is 12.0. The van der Waals surface area contributed by atoms with Gasteiger partial charge in [0.15, 0.2) is 5.69 Å². The lowest BCUT2D eigenvalue weighted by molar-refractivity contribution is -0.274. The standard InChI is InChI=1S/2C8H7F3O.C8H7F3.C8H7N.2C7H6F3N.3C6H5F3N2.C6H8N2/c1-6-2-4-7(5-3-6)12-8(9,10)11;1-5-2-3-6(4-7(5)12)8(9,10)11;1-6-2-4-7(5-3-6)8(9,10)11;1-7-2-4-8(6-9)5-3-7;1-5-2-3-6(4-11-5)7(8,9)10;1-5-2-3-6(11-4-5)7(8,9)10;1-4-10-2-5(3-11-4)6(7,8)9;1-4-2-10-5(11-3-4)6(7,8)9;1-4-2-3-5(11-10-4)6(7,8)9;1-5-3-8-6(2)4-7-5/h2-5H,1H3;2-4,12H,1H3;2-5H,1H3;2-5H,1H3;2*2-4H,1H3;3*2-3H,1H3;3-4H,1-2H3. The number of benzene rings is 4. The Morgan fingerprint density at radius 1 is 0.308 bits per heavy atom. The molecule has 0 radical (unpaired) electrons. The van der Waals surface area contributed by atoms with Gasteiger partial charge in [-0.15, -0.1) is 18.3 Å². The Bertz CT molecular complexity index is 3750. The van der Waals surface area contributed by atoms with Gasteiger partial charge in [-0.2, -0.15) is 103 Å². The van der Waals surface area contributed by atoms with Crippen molar-refractivity contribution in [2.24, 2.45) is 0 Å². The van der Waals surface area contributed by atoms with Crippen molar-refractivity contribution in [3.05, 3.63) is 284 Å². The Labute approximate surface area is 596 Å². The second kappa shape index (κ2) is 42.2. The number of phenolic OH excluding ortho intramolecular Hbond substituents is 1. The lowest BCUT2D eigenvalue weighted by atomic mass is 10.1. The van der Waals surface area contributed by atoms with Crippen molar-refractivity contribution < 1.29 is 115 Å². The minimum Gasteiger partial charge on any atom is -0.508 e. The summed E-state index contributed by atoms with van der Waals surface area (Å²) in [5, 5.41) is 23.6. The summed E-state index contributed by atoms with van der Waals surface area (Å²) in [7, 11) is 0. The van der Waals surface area contributed by atoms with Crippen LogP contribution in [0.3, 0.4) is 0 Å². The van der Waals surface area contributed by atoms with E-state index in [1.807, 2.05) is 45.0 Å². The number of rotatable bonds is 1. The predicted octanol–water partition coefficient (Wildman–Crippen LogP) is 21.8. The fourth-order valence-corrected chi connectivity index (χ4v) is 6.25. The fraction of sp³-hybridized carbons (Fsp3) is 0.271. The molecule has 6 heterocycles. The second-order valence-corrected chi connectivity index (χ2v) is 21.6. The lowest BCUT2D eigenvalue weighted by Crippen LogP contribution is -2.16. The zero-order chi connectivity index (χ0) is 82.1. The summed E-state index contributed by atoms with van der Waals surface area (Å²) >= 11 is 0. The highest BCUT2D eigenvalue weighted by Gasteiger charge is 2.36. The molecular weight excluding hydrogens is 1480 g/mol. The largest absolute Gasteiger partial charge is 0.573 e. The molecule has 578 valence electrons. The molecule has 10 aromatic rings. The molecule has 37 heteroatoms. The number of ether oxygens (including phenoxy) is 1. The molecule has 0 fully saturated rings. The smallest absolute Gasteiger partial charge is 0.508 e. The van der Waals surface area contributed by atoms with Crippen molar-refractivity contribution in [2.75, 3.05) is 0 Å². The molecule has 13 nitrogen and oxygen atoms in total. The zero-order valence-corrected chi connectivity index (χ0v) is 57.6. The van der Waals surface area contributed by atoms with E-state index >= 15 is 0 Å². The summed E-state index contributed by atoms with van der Waals surface area (Å²) in [5.41, 5.74) is 3.64. The first-order valence-corrected chi connectivity index (χ1v) is 29.6. The van der Waals surface area contributed by atoms with Crippen LogP contribution in [0.15, 0.2) is 177 Å². The first-order chi connectivity index (χ1) is 49.0. The van der Waals surface area contributed by atoms with Gasteiger partial charge < -0.3 is 9.84 Å². The van der Waals surface area contributed by atoms with E-state index in [4.69, 9.17) is 10.4 Å². The monoisotopic (exact) mass is 1550 g/mol. The van der Waals surface area contributed by atoms with Crippen LogP contribution in [0.4, 0.5) is 105 Å². The van der Waals surface area contributed by atoms with Gasteiger partial charge in [0.25, 0.3) is 0 Å². The van der Waals surface area contributed by atoms with Crippen molar-refractivity contribution in [1.29, 1.82) is 5.26 Å². The average Bonchev–Trinajstić information content (AvgIpc) is 0.871. The quantitative estimate of drug-likeness (QED) is 0.153. The van der Waals surface area contributed by atoms with Crippen molar-refractivity contribution in [2.45, 2.75) is 126 Å². The number of hydrogen-bond acceptors (Lipinski definition) is 13. The summed E-state index contributed by atoms with van der Waals surface area (Å²) in [6, 6.07) is 30.0. The van der Waals surface area contributed by atoms with E-state index in [9.17, 15) is 105 Å². The van der Waals surface area contributed by atoms with Crippen LogP contribution < -0.4 is 4.74 Å². The third kappa shape index (κ3) is 41.3. The Morgan fingerprint density at radius 3 is 1.05 bits per heavy atom. The summed E-state index contributed by atoms with van der Waals surface area (Å²) in [6.07, 6.45) is -25.6. The Hall–Kier alpha value is -11.1. The molecule has 0 bridgehead atoms. The maximum Gasteiger partial charge on any atom is 0.573 e. The van der Waals surface area contributed by atoms with Crippen molar-refractivity contribution >= 4 is 0 Å². The number of phenols is 1. The molecule has 107 heavy (non-hydrogen) atoms. The summed E-state index contributed by atoms with van der Waals surface area (Å²) in [4.78, 5) is 27.8. The second-order valence-electron chi connectivity index (χ2n) is 21.6. The van der Waals surface area contributed by atoms with Crippen LogP contribution >= 0.6 is 0 Å². The molecule has 6 aromatic heterocycles. The number of aromatic hydroxyl groups is 1. The molecule has 0 aliphatic heterocycles. The number of aromatic nitrogens is 10. The van der Waals surface area contributed by atoms with Gasteiger partial charge in [0.2, 0.25) is 5.82 Å². The van der Waals surface area contributed by atoms with Gasteiger partial charge in [0, 0.05) is 55.3 Å². The Balaban J connectivity index is 0.000000595. The summed E-state index contributed by atoms with van der Waals surface area (Å²) < 4.78 is 288. The van der Waals surface area contributed by atoms with E-state index in [1.165, 1.54) is 74.1 Å². The lowest BCUT2D eigenvalue weighted by Gasteiger charge is -2.08. The highest BCUT2D eigenvalue weighted by atomic mass is 19.4. The molecule has 0 amide bonds. The van der Waals surface area contributed by atoms with Crippen LogP contribution in [0.5, 0.6) is 11.5 Å². The van der Waals surface area contributed by atoms with Gasteiger partial charge in [-0.1, -0.05) is 65.2 Å². The van der Waals surface area contributed by atoms with Gasteiger partial charge in [-0.05, 0) is 172 Å². The van der Waals surface area contributed by atoms with Crippen LogP contribution in [-0.2, 0) is 43.2 Å². The van der Waals surface area contributed by atoms with Gasteiger partial charge in [-0.25, -0.2) is 19.9 Å². The van der Waals surface area contributed by atoms with Crippen molar-refractivity contribution in [1.82, 2.24) is 50.1 Å². The number of nitrogens with zero attached hydrogens (tertiary/aromatic N) is 11. The number of hydrogen-bond donors (Lipinski definition) is 1. The molecule has 0 unspecified atom stereocenters. The van der Waals surface area contributed by atoms with E-state index in [-0.39, 0.29) is 11.5 Å². The van der Waals surface area contributed by atoms with E-state index < -0.39 is 89.1 Å². The van der Waals surface area contributed by atoms with Gasteiger partial charge in [0.05, 0.1) is 51.0 Å². The first-order valence-electron chi connectivity index (χ1n) is 29.6. The molecule has 0 aliphatic carbocycles. The molecule has 4 aromatic carbocycles. The molecule has 0 aliphatic rings. The van der Waals surface area contributed by atoms with Crippen LogP contribution in [0, 0.1) is 87.5 Å². The van der Waals surface area contributed by atoms with Crippen LogP contribution in [0.25, 0.3) is 0 Å². The highest BCUT2D eigenvalue weighted by molar-refractivity contribution is 5.36. The van der Waals surface area contributed by atoms with E-state index in [0.29, 0.717) is 28.3 Å². The van der Waals surface area contributed by atoms with Gasteiger partial charge in [0.1, 0.15) is 23.0 Å².